The highest BCUT2D eigenvalue weighted by Gasteiger charge is 2.27. The normalized spacial score (nSPS) is 18.0. The first-order valence-corrected chi connectivity index (χ1v) is 16.5. The molecule has 2 atom stereocenters. The molecule has 1 saturated carbocycles. The van der Waals surface area contributed by atoms with E-state index in [1.165, 1.54) is 5.56 Å². The summed E-state index contributed by atoms with van der Waals surface area (Å²) in [5.74, 6) is 1.86. The van der Waals surface area contributed by atoms with Gasteiger partial charge in [0, 0.05) is 34.7 Å². The molecule has 3 aromatic carbocycles. The van der Waals surface area contributed by atoms with Crippen molar-refractivity contribution >= 4 is 12.4 Å². The van der Waals surface area contributed by atoms with E-state index in [9.17, 15) is 10.2 Å². The molecule has 1 aliphatic rings. The number of aromatic hydroxyl groups is 2. The fraction of sp³-hybridized carbons (Fsp3) is 0.500. The second-order valence-corrected chi connectivity index (χ2v) is 15.7. The van der Waals surface area contributed by atoms with Crippen LogP contribution in [0.15, 0.2) is 52.4 Å². The van der Waals surface area contributed by atoms with Crippen molar-refractivity contribution in [1.29, 1.82) is 0 Å². The first-order valence-electron chi connectivity index (χ1n) is 16.5. The Morgan fingerprint density at radius 1 is 0.609 bits per heavy atom. The maximum Gasteiger partial charge on any atom is 0.161 e. The molecule has 0 unspecified atom stereocenters. The van der Waals surface area contributed by atoms with Crippen molar-refractivity contribution in [2.45, 2.75) is 116 Å². The number of hydrogen-bond acceptors (Lipinski definition) is 6. The predicted molar refractivity (Wildman–Crippen MR) is 192 cm³/mol. The number of methoxy groups -OCH3 is 2. The zero-order valence-electron chi connectivity index (χ0n) is 29.8. The van der Waals surface area contributed by atoms with Crippen LogP contribution in [0.5, 0.6) is 23.0 Å². The lowest BCUT2D eigenvalue weighted by molar-refractivity contribution is 0.355. The number of hydrogen-bond donors (Lipinski definition) is 2. The van der Waals surface area contributed by atoms with Gasteiger partial charge in [-0.25, -0.2) is 0 Å². The molecule has 1 fully saturated rings. The minimum Gasteiger partial charge on any atom is -0.507 e. The van der Waals surface area contributed by atoms with Crippen LogP contribution < -0.4 is 9.47 Å². The van der Waals surface area contributed by atoms with E-state index in [0.29, 0.717) is 22.8 Å². The Hall–Kier alpha value is -3.80. The SMILES string of the molecule is COc1ccc(-c2cc(C=N[C@@H]3CCCC[C@H]3N=Cc3cc(C(C)(C)C)cc(C(C)(C)C)c3O)c(O)c(C(C)(C)C)c2)cc1OC. The summed E-state index contributed by atoms with van der Waals surface area (Å²) >= 11 is 0. The van der Waals surface area contributed by atoms with Gasteiger partial charge in [0.2, 0.25) is 0 Å². The van der Waals surface area contributed by atoms with Gasteiger partial charge in [-0.3, -0.25) is 9.98 Å². The third-order valence-electron chi connectivity index (χ3n) is 8.98. The Balaban J connectivity index is 1.72. The van der Waals surface area contributed by atoms with E-state index in [1.54, 1.807) is 14.2 Å². The molecule has 2 N–H and O–H groups in total. The molecular weight excluding hydrogens is 572 g/mol. The van der Waals surface area contributed by atoms with Gasteiger partial charge in [-0.1, -0.05) is 87.3 Å². The minimum atomic E-state index is -0.285. The second-order valence-electron chi connectivity index (χ2n) is 15.7. The molecule has 248 valence electrons. The lowest BCUT2D eigenvalue weighted by Gasteiger charge is -2.28. The Morgan fingerprint density at radius 3 is 1.59 bits per heavy atom. The van der Waals surface area contributed by atoms with Crippen molar-refractivity contribution in [2.75, 3.05) is 14.2 Å². The molecule has 0 amide bonds. The number of benzene rings is 3. The Bertz CT molecular complexity index is 1600. The zero-order valence-corrected chi connectivity index (χ0v) is 29.8. The van der Waals surface area contributed by atoms with Gasteiger partial charge in [0.15, 0.2) is 11.5 Å². The van der Waals surface area contributed by atoms with Crippen LogP contribution in [0.1, 0.15) is 116 Å². The van der Waals surface area contributed by atoms with Crippen molar-refractivity contribution in [3.05, 3.63) is 70.3 Å². The fourth-order valence-corrected chi connectivity index (χ4v) is 6.06. The standard InChI is InChI=1S/C40H54N2O4/c1-38(2,3)29-19-28(37(44)31(22-29)40(7,8)9)24-42-33-15-13-12-14-32(33)41-23-27-18-26(20-30(36(27)43)39(4,5)6)25-16-17-34(45-10)35(21-25)46-11/h16-24,32-33,43-44H,12-15H2,1-11H3/t32-,33-/m1/s1. The number of phenolic OH excluding ortho intramolecular Hbond substituents is 2. The Labute approximate surface area is 276 Å². The summed E-state index contributed by atoms with van der Waals surface area (Å²) in [7, 11) is 3.26. The van der Waals surface area contributed by atoms with Gasteiger partial charge in [-0.05, 0) is 76.1 Å². The van der Waals surface area contributed by atoms with Crippen LogP contribution in [0.4, 0.5) is 0 Å². The third-order valence-corrected chi connectivity index (χ3v) is 8.98. The second kappa shape index (κ2) is 13.5. The van der Waals surface area contributed by atoms with Gasteiger partial charge in [0.05, 0.1) is 26.3 Å². The van der Waals surface area contributed by atoms with Gasteiger partial charge in [0.1, 0.15) is 11.5 Å². The molecule has 0 saturated heterocycles. The Kier molecular flexibility index (Phi) is 10.3. The van der Waals surface area contributed by atoms with Gasteiger partial charge >= 0.3 is 0 Å². The summed E-state index contributed by atoms with van der Waals surface area (Å²) < 4.78 is 11.0. The quantitative estimate of drug-likeness (QED) is 0.256. The van der Waals surface area contributed by atoms with Gasteiger partial charge in [0.25, 0.3) is 0 Å². The van der Waals surface area contributed by atoms with Gasteiger partial charge < -0.3 is 19.7 Å². The summed E-state index contributed by atoms with van der Waals surface area (Å²) in [5, 5.41) is 22.7. The molecule has 3 aromatic rings. The number of phenols is 2. The highest BCUT2D eigenvalue weighted by Crippen LogP contribution is 2.40. The molecule has 0 aromatic heterocycles. The highest BCUT2D eigenvalue weighted by molar-refractivity contribution is 5.88. The fourth-order valence-electron chi connectivity index (χ4n) is 6.06. The smallest absolute Gasteiger partial charge is 0.161 e. The van der Waals surface area contributed by atoms with Crippen molar-refractivity contribution < 1.29 is 19.7 Å². The van der Waals surface area contributed by atoms with E-state index < -0.39 is 0 Å². The van der Waals surface area contributed by atoms with E-state index in [1.807, 2.05) is 42.8 Å². The summed E-state index contributed by atoms with van der Waals surface area (Å²) in [5.41, 5.74) is 5.76. The summed E-state index contributed by atoms with van der Waals surface area (Å²) in [6.07, 6.45) is 7.69. The maximum absolute atomic E-state index is 11.4. The Morgan fingerprint density at radius 2 is 1.11 bits per heavy atom. The van der Waals surface area contributed by atoms with Crippen molar-refractivity contribution in [3.63, 3.8) is 0 Å². The van der Waals surface area contributed by atoms with Crippen LogP contribution in [0.3, 0.4) is 0 Å². The predicted octanol–water partition coefficient (Wildman–Crippen LogP) is 9.52. The first kappa shape index (κ1) is 35.1. The van der Waals surface area contributed by atoms with Crippen LogP contribution >= 0.6 is 0 Å². The van der Waals surface area contributed by atoms with E-state index in [2.05, 4.69) is 74.4 Å². The third kappa shape index (κ3) is 7.94. The molecule has 6 heteroatoms. The molecule has 0 heterocycles. The van der Waals surface area contributed by atoms with Crippen molar-refractivity contribution in [3.8, 4) is 34.1 Å². The van der Waals surface area contributed by atoms with Crippen LogP contribution in [0.25, 0.3) is 11.1 Å². The summed E-state index contributed by atoms with van der Waals surface area (Å²) in [6, 6.07) is 14.1. The number of nitrogens with zero attached hydrogens (tertiary/aromatic N) is 2. The van der Waals surface area contributed by atoms with E-state index in [-0.39, 0.29) is 34.1 Å². The number of aliphatic imine (C=N–C) groups is 2. The summed E-state index contributed by atoms with van der Waals surface area (Å²) in [6.45, 7) is 19.3. The van der Waals surface area contributed by atoms with E-state index in [4.69, 9.17) is 19.5 Å². The van der Waals surface area contributed by atoms with E-state index in [0.717, 1.165) is 53.5 Å². The van der Waals surface area contributed by atoms with Gasteiger partial charge in [-0.15, -0.1) is 0 Å². The van der Waals surface area contributed by atoms with Crippen molar-refractivity contribution in [2.24, 2.45) is 9.98 Å². The molecule has 0 spiro atoms. The first-order chi connectivity index (χ1) is 21.4. The topological polar surface area (TPSA) is 83.6 Å². The van der Waals surface area contributed by atoms with Crippen molar-refractivity contribution in [1.82, 2.24) is 0 Å². The highest BCUT2D eigenvalue weighted by atomic mass is 16.5. The average molecular weight is 627 g/mol. The number of rotatable bonds is 7. The molecule has 4 rings (SSSR count). The van der Waals surface area contributed by atoms with Crippen LogP contribution in [0.2, 0.25) is 0 Å². The largest absolute Gasteiger partial charge is 0.507 e. The minimum absolute atomic E-state index is 0.0148. The van der Waals surface area contributed by atoms with Crippen LogP contribution in [-0.4, -0.2) is 48.9 Å². The number of ether oxygens (including phenoxy) is 2. The average Bonchev–Trinajstić information content (AvgIpc) is 2.98. The lowest BCUT2D eigenvalue weighted by Crippen LogP contribution is -2.27. The van der Waals surface area contributed by atoms with Crippen LogP contribution in [0, 0.1) is 0 Å². The molecule has 0 aliphatic heterocycles. The molecule has 46 heavy (non-hydrogen) atoms. The van der Waals surface area contributed by atoms with Crippen LogP contribution in [-0.2, 0) is 16.2 Å². The molecule has 0 bridgehead atoms. The monoisotopic (exact) mass is 626 g/mol. The van der Waals surface area contributed by atoms with Gasteiger partial charge in [-0.2, -0.15) is 0 Å². The molecule has 6 nitrogen and oxygen atoms in total. The zero-order chi connectivity index (χ0) is 34.0. The molecule has 1 aliphatic carbocycles. The lowest BCUT2D eigenvalue weighted by atomic mass is 9.79. The molecule has 0 radical (unpaired) electrons. The summed E-state index contributed by atoms with van der Waals surface area (Å²) in [4.78, 5) is 10.1. The molecular formula is C40H54N2O4. The van der Waals surface area contributed by atoms with E-state index >= 15 is 0 Å². The maximum atomic E-state index is 11.4.